The molecule has 3 aromatic rings. The number of nitrogens with one attached hydrogen (secondary N) is 3. The van der Waals surface area contributed by atoms with E-state index >= 15 is 0 Å². The van der Waals surface area contributed by atoms with Gasteiger partial charge >= 0.3 is 0 Å². The second kappa shape index (κ2) is 10.8. The highest BCUT2D eigenvalue weighted by atomic mass is 32.2. The summed E-state index contributed by atoms with van der Waals surface area (Å²) in [5.74, 6) is 0.667. The van der Waals surface area contributed by atoms with Gasteiger partial charge in [-0.15, -0.1) is 0 Å². The lowest BCUT2D eigenvalue weighted by molar-refractivity contribution is 0.415. The highest BCUT2D eigenvalue weighted by Gasteiger charge is 2.16. The maximum absolute atomic E-state index is 12.6. The van der Waals surface area contributed by atoms with Gasteiger partial charge in [0.05, 0.1) is 16.9 Å². The minimum atomic E-state index is -3.88. The lowest BCUT2D eigenvalue weighted by Crippen LogP contribution is -2.34. The largest absolute Gasteiger partial charge is 0.497 e. The molecule has 0 spiro atoms. The zero-order valence-electron chi connectivity index (χ0n) is 17.7. The van der Waals surface area contributed by atoms with Gasteiger partial charge in [0.1, 0.15) is 5.75 Å². The fourth-order valence-corrected chi connectivity index (χ4v) is 5.27. The van der Waals surface area contributed by atoms with Crippen molar-refractivity contribution >= 4 is 43.1 Å². The average molecular weight is 506 g/mol. The molecule has 0 bridgehead atoms. The number of anilines is 1. The zero-order chi connectivity index (χ0) is 23.9. The van der Waals surface area contributed by atoms with Gasteiger partial charge in [-0.25, -0.2) is 21.6 Å². The molecule has 0 aliphatic rings. The molecule has 0 aromatic heterocycles. The summed E-state index contributed by atoms with van der Waals surface area (Å²) in [6.45, 7) is 0.178. The molecular formula is C22H23N3O5S3. The van der Waals surface area contributed by atoms with Crippen molar-refractivity contribution in [3.8, 4) is 5.75 Å². The van der Waals surface area contributed by atoms with E-state index in [1.54, 1.807) is 61.7 Å². The summed E-state index contributed by atoms with van der Waals surface area (Å²) in [7, 11) is -5.92. The van der Waals surface area contributed by atoms with Crippen LogP contribution in [0.3, 0.4) is 0 Å². The Kier molecular flexibility index (Phi) is 8.03. The molecule has 11 heteroatoms. The number of sulfonamides is 2. The first-order valence-electron chi connectivity index (χ1n) is 9.81. The van der Waals surface area contributed by atoms with Crippen LogP contribution in [0.15, 0.2) is 88.7 Å². The van der Waals surface area contributed by atoms with Crippen LogP contribution < -0.4 is 19.5 Å². The highest BCUT2D eigenvalue weighted by Crippen LogP contribution is 2.16. The normalized spacial score (nSPS) is 11.5. The maximum Gasteiger partial charge on any atom is 0.263 e. The summed E-state index contributed by atoms with van der Waals surface area (Å²) in [5.41, 5.74) is 1.39. The number of rotatable bonds is 9. The third kappa shape index (κ3) is 6.99. The van der Waals surface area contributed by atoms with E-state index in [2.05, 4.69) is 14.8 Å². The molecule has 0 aliphatic heterocycles. The standard InChI is InChI=1S/C22H23N3O5S3/c1-30-19-11-9-18(10-12-19)24-22(31)25-33(28,29)21-13-7-17(8-14-21)15-16-23-32(26,27)20-5-3-2-4-6-20/h2-14,23H,15-16H2,1H3,(H2,24,25,31). The summed E-state index contributed by atoms with van der Waals surface area (Å²) in [6.07, 6.45) is 0.400. The van der Waals surface area contributed by atoms with E-state index in [1.165, 1.54) is 24.3 Å². The molecule has 174 valence electrons. The van der Waals surface area contributed by atoms with Gasteiger partial charge in [0.2, 0.25) is 10.0 Å². The van der Waals surface area contributed by atoms with Crippen molar-refractivity contribution in [1.29, 1.82) is 0 Å². The van der Waals surface area contributed by atoms with Crippen LogP contribution in [0.4, 0.5) is 5.69 Å². The molecule has 3 rings (SSSR count). The molecule has 0 fully saturated rings. The molecule has 0 radical (unpaired) electrons. The van der Waals surface area contributed by atoms with Crippen LogP contribution in [0.25, 0.3) is 0 Å². The number of methoxy groups -OCH3 is 1. The van der Waals surface area contributed by atoms with E-state index in [4.69, 9.17) is 17.0 Å². The predicted molar refractivity (Wildman–Crippen MR) is 131 cm³/mol. The van der Waals surface area contributed by atoms with Crippen molar-refractivity contribution in [1.82, 2.24) is 9.44 Å². The molecule has 0 unspecified atom stereocenters. The van der Waals surface area contributed by atoms with E-state index in [-0.39, 0.29) is 21.4 Å². The molecule has 3 aromatic carbocycles. The first kappa shape index (κ1) is 24.6. The summed E-state index contributed by atoms with van der Waals surface area (Å²) in [5, 5.41) is 2.74. The Morgan fingerprint density at radius 2 is 1.42 bits per heavy atom. The van der Waals surface area contributed by atoms with Gasteiger partial charge in [-0.2, -0.15) is 0 Å². The first-order chi connectivity index (χ1) is 15.7. The van der Waals surface area contributed by atoms with Gasteiger partial charge in [0.15, 0.2) is 5.11 Å². The Balaban J connectivity index is 1.55. The topological polar surface area (TPSA) is 114 Å². The van der Waals surface area contributed by atoms with Crippen LogP contribution in [0, 0.1) is 0 Å². The fraction of sp³-hybridized carbons (Fsp3) is 0.136. The summed E-state index contributed by atoms with van der Waals surface area (Å²) in [4.78, 5) is 0.228. The fourth-order valence-electron chi connectivity index (χ4n) is 2.86. The van der Waals surface area contributed by atoms with Crippen molar-refractivity contribution in [3.05, 3.63) is 84.4 Å². The van der Waals surface area contributed by atoms with Crippen LogP contribution in [-0.4, -0.2) is 35.6 Å². The van der Waals surface area contributed by atoms with Crippen LogP contribution in [0.1, 0.15) is 5.56 Å². The van der Waals surface area contributed by atoms with Gasteiger partial charge in [-0.3, -0.25) is 4.72 Å². The lowest BCUT2D eigenvalue weighted by atomic mass is 10.2. The summed E-state index contributed by atoms with van der Waals surface area (Å²) in [6, 6.07) is 21.1. The molecular weight excluding hydrogens is 482 g/mol. The molecule has 0 saturated carbocycles. The monoisotopic (exact) mass is 505 g/mol. The van der Waals surface area contributed by atoms with E-state index in [0.29, 0.717) is 17.9 Å². The quantitative estimate of drug-likeness (QED) is 0.383. The smallest absolute Gasteiger partial charge is 0.263 e. The van der Waals surface area contributed by atoms with E-state index in [9.17, 15) is 16.8 Å². The Morgan fingerprint density at radius 3 is 2.03 bits per heavy atom. The van der Waals surface area contributed by atoms with Crippen LogP contribution >= 0.6 is 12.2 Å². The van der Waals surface area contributed by atoms with Gasteiger partial charge < -0.3 is 10.1 Å². The van der Waals surface area contributed by atoms with Crippen molar-refractivity contribution < 1.29 is 21.6 Å². The zero-order valence-corrected chi connectivity index (χ0v) is 20.1. The molecule has 3 N–H and O–H groups in total. The summed E-state index contributed by atoms with van der Waals surface area (Å²) >= 11 is 5.11. The minimum Gasteiger partial charge on any atom is -0.497 e. The second-order valence-corrected chi connectivity index (χ2v) is 10.8. The molecule has 8 nitrogen and oxygen atoms in total. The second-order valence-electron chi connectivity index (χ2n) is 6.89. The SMILES string of the molecule is COc1ccc(NC(=S)NS(=O)(=O)c2ccc(CCNS(=O)(=O)c3ccccc3)cc2)cc1. The Labute approximate surface area is 199 Å². The molecule has 0 amide bonds. The average Bonchev–Trinajstić information content (AvgIpc) is 2.80. The third-order valence-electron chi connectivity index (χ3n) is 4.57. The molecule has 0 aliphatic carbocycles. The number of ether oxygens (including phenoxy) is 1. The highest BCUT2D eigenvalue weighted by molar-refractivity contribution is 7.92. The third-order valence-corrected chi connectivity index (χ3v) is 7.74. The predicted octanol–water partition coefficient (Wildman–Crippen LogP) is 2.89. The molecule has 0 heterocycles. The number of thiocarbonyl (C=S) groups is 1. The molecule has 33 heavy (non-hydrogen) atoms. The van der Waals surface area contributed by atoms with Crippen molar-refractivity contribution in [3.63, 3.8) is 0 Å². The minimum absolute atomic E-state index is 0.0370. The Bertz CT molecular complexity index is 1290. The Morgan fingerprint density at radius 1 is 0.818 bits per heavy atom. The Hall–Kier alpha value is -2.99. The number of benzene rings is 3. The van der Waals surface area contributed by atoms with Crippen LogP contribution in [0.2, 0.25) is 0 Å². The van der Waals surface area contributed by atoms with E-state index in [1.807, 2.05) is 0 Å². The van der Waals surface area contributed by atoms with Crippen molar-refractivity contribution in [2.75, 3.05) is 19.0 Å². The van der Waals surface area contributed by atoms with E-state index in [0.717, 1.165) is 5.56 Å². The van der Waals surface area contributed by atoms with Crippen LogP contribution in [0.5, 0.6) is 5.75 Å². The van der Waals surface area contributed by atoms with Crippen LogP contribution in [-0.2, 0) is 26.5 Å². The lowest BCUT2D eigenvalue weighted by Gasteiger charge is -2.12. The maximum atomic E-state index is 12.6. The number of hydrogen-bond donors (Lipinski definition) is 3. The molecule has 0 atom stereocenters. The van der Waals surface area contributed by atoms with Gasteiger partial charge in [0.25, 0.3) is 10.0 Å². The van der Waals surface area contributed by atoms with Crippen molar-refractivity contribution in [2.45, 2.75) is 16.2 Å². The van der Waals surface area contributed by atoms with Gasteiger partial charge in [-0.1, -0.05) is 30.3 Å². The van der Waals surface area contributed by atoms with Gasteiger partial charge in [-0.05, 0) is 72.7 Å². The number of hydrogen-bond acceptors (Lipinski definition) is 6. The van der Waals surface area contributed by atoms with Gasteiger partial charge in [0, 0.05) is 12.2 Å². The van der Waals surface area contributed by atoms with Crippen molar-refractivity contribution in [2.24, 2.45) is 0 Å². The molecule has 0 saturated heterocycles. The first-order valence-corrected chi connectivity index (χ1v) is 13.2. The summed E-state index contributed by atoms with van der Waals surface area (Å²) < 4.78 is 59.6. The van der Waals surface area contributed by atoms with E-state index < -0.39 is 20.0 Å².